The summed E-state index contributed by atoms with van der Waals surface area (Å²) in [5, 5.41) is 7.26. The molecule has 1 N–H and O–H groups in total. The maximum absolute atomic E-state index is 12.8. The zero-order valence-electron chi connectivity index (χ0n) is 12.0. The molecule has 0 spiro atoms. The highest BCUT2D eigenvalue weighted by Crippen LogP contribution is 2.30. The predicted molar refractivity (Wildman–Crippen MR) is 81.4 cm³/mol. The minimum atomic E-state index is -0.732. The fraction of sp³-hybridized carbons (Fsp3) is 0.267. The van der Waals surface area contributed by atoms with Gasteiger partial charge in [-0.05, 0) is 12.1 Å². The van der Waals surface area contributed by atoms with Gasteiger partial charge in [0.25, 0.3) is 5.91 Å². The van der Waals surface area contributed by atoms with Gasteiger partial charge in [-0.3, -0.25) is 14.3 Å². The molecule has 3 rings (SSSR count). The highest BCUT2D eigenvalue weighted by Gasteiger charge is 2.36. The van der Waals surface area contributed by atoms with E-state index in [2.05, 4.69) is 10.4 Å². The Bertz CT molecular complexity index is 728. The molecule has 1 fully saturated rings. The summed E-state index contributed by atoms with van der Waals surface area (Å²) in [6, 6.07) is 7.98. The topological polar surface area (TPSA) is 67.2 Å². The van der Waals surface area contributed by atoms with Crippen molar-refractivity contribution in [2.24, 2.45) is 7.05 Å². The standard InChI is InChI=1S/C15H15ClN4O2/c1-19-12(6-7-18-19)15(22)20-9-8-17-14(21)13(20)10-4-2-3-5-11(10)16/h2-7,13H,8-9H2,1H3,(H,17,21). The SMILES string of the molecule is Cn1nccc1C(=O)N1CCNC(=O)C1c1ccccc1Cl. The Hall–Kier alpha value is -2.34. The lowest BCUT2D eigenvalue weighted by Gasteiger charge is -2.35. The molecule has 22 heavy (non-hydrogen) atoms. The normalized spacial score (nSPS) is 18.2. The Morgan fingerprint density at radius 2 is 2.14 bits per heavy atom. The molecule has 0 radical (unpaired) electrons. The molecule has 1 saturated heterocycles. The van der Waals surface area contributed by atoms with Crippen molar-refractivity contribution < 1.29 is 9.59 Å². The maximum Gasteiger partial charge on any atom is 0.273 e. The number of carbonyl (C=O) groups is 2. The zero-order valence-corrected chi connectivity index (χ0v) is 12.7. The second-order valence-corrected chi connectivity index (χ2v) is 5.46. The van der Waals surface area contributed by atoms with Crippen molar-refractivity contribution in [1.82, 2.24) is 20.0 Å². The number of amides is 2. The molecule has 0 aliphatic carbocycles. The summed E-state index contributed by atoms with van der Waals surface area (Å²) >= 11 is 6.21. The number of benzene rings is 1. The predicted octanol–water partition coefficient (Wildman–Crippen LogP) is 1.39. The van der Waals surface area contributed by atoms with Gasteiger partial charge in [0.1, 0.15) is 11.7 Å². The second kappa shape index (κ2) is 5.81. The lowest BCUT2D eigenvalue weighted by molar-refractivity contribution is -0.128. The summed E-state index contributed by atoms with van der Waals surface area (Å²) in [4.78, 5) is 26.6. The van der Waals surface area contributed by atoms with E-state index in [1.807, 2.05) is 0 Å². The first-order valence-corrected chi connectivity index (χ1v) is 7.28. The number of nitrogens with one attached hydrogen (secondary N) is 1. The van der Waals surface area contributed by atoms with Crippen molar-refractivity contribution in [2.45, 2.75) is 6.04 Å². The summed E-state index contributed by atoms with van der Waals surface area (Å²) in [7, 11) is 1.70. The van der Waals surface area contributed by atoms with Crippen LogP contribution in [0.3, 0.4) is 0 Å². The average molecular weight is 319 g/mol. The summed E-state index contributed by atoms with van der Waals surface area (Å²) < 4.78 is 1.50. The highest BCUT2D eigenvalue weighted by molar-refractivity contribution is 6.31. The number of carbonyl (C=O) groups excluding carboxylic acids is 2. The van der Waals surface area contributed by atoms with Crippen LogP contribution in [0.2, 0.25) is 5.02 Å². The van der Waals surface area contributed by atoms with Crippen molar-refractivity contribution >= 4 is 23.4 Å². The number of piperazine rings is 1. The number of rotatable bonds is 2. The van der Waals surface area contributed by atoms with Crippen LogP contribution in [0, 0.1) is 0 Å². The van der Waals surface area contributed by atoms with Gasteiger partial charge in [0.2, 0.25) is 5.91 Å². The first kappa shape index (κ1) is 14.6. The van der Waals surface area contributed by atoms with Gasteiger partial charge in [0, 0.05) is 36.9 Å². The smallest absolute Gasteiger partial charge is 0.273 e. The van der Waals surface area contributed by atoms with E-state index in [0.717, 1.165) is 0 Å². The van der Waals surface area contributed by atoms with Gasteiger partial charge < -0.3 is 10.2 Å². The van der Waals surface area contributed by atoms with Crippen LogP contribution in [-0.2, 0) is 11.8 Å². The minimum absolute atomic E-state index is 0.227. The quantitative estimate of drug-likeness (QED) is 0.910. The summed E-state index contributed by atoms with van der Waals surface area (Å²) in [6.45, 7) is 0.842. The van der Waals surface area contributed by atoms with Gasteiger partial charge in [0.15, 0.2) is 0 Å². The van der Waals surface area contributed by atoms with E-state index in [9.17, 15) is 9.59 Å². The van der Waals surface area contributed by atoms with Crippen LogP contribution in [-0.4, -0.2) is 39.6 Å². The van der Waals surface area contributed by atoms with E-state index in [-0.39, 0.29) is 11.8 Å². The third kappa shape index (κ3) is 2.46. The monoisotopic (exact) mass is 318 g/mol. The number of hydrogen-bond acceptors (Lipinski definition) is 3. The molecule has 1 atom stereocenters. The summed E-state index contributed by atoms with van der Waals surface area (Å²) in [5.74, 6) is -0.463. The number of aromatic nitrogens is 2. The third-order valence-electron chi connectivity index (χ3n) is 3.71. The van der Waals surface area contributed by atoms with Gasteiger partial charge in [-0.15, -0.1) is 0 Å². The van der Waals surface area contributed by atoms with Crippen LogP contribution in [0.25, 0.3) is 0 Å². The highest BCUT2D eigenvalue weighted by atomic mass is 35.5. The molecular formula is C15H15ClN4O2. The molecular weight excluding hydrogens is 304 g/mol. The van der Waals surface area contributed by atoms with Gasteiger partial charge in [0.05, 0.1) is 0 Å². The second-order valence-electron chi connectivity index (χ2n) is 5.05. The Balaban J connectivity index is 2.01. The zero-order chi connectivity index (χ0) is 15.7. The summed E-state index contributed by atoms with van der Waals surface area (Å²) in [5.41, 5.74) is 1.06. The van der Waals surface area contributed by atoms with Gasteiger partial charge in [-0.2, -0.15) is 5.10 Å². The minimum Gasteiger partial charge on any atom is -0.352 e. The van der Waals surface area contributed by atoms with E-state index in [0.29, 0.717) is 29.4 Å². The van der Waals surface area contributed by atoms with Crippen molar-refractivity contribution in [1.29, 1.82) is 0 Å². The molecule has 0 bridgehead atoms. The first-order chi connectivity index (χ1) is 10.6. The molecule has 2 heterocycles. The molecule has 1 aromatic heterocycles. The largest absolute Gasteiger partial charge is 0.352 e. The van der Waals surface area contributed by atoms with Crippen LogP contribution >= 0.6 is 11.6 Å². The Morgan fingerprint density at radius 3 is 2.82 bits per heavy atom. The van der Waals surface area contributed by atoms with E-state index >= 15 is 0 Å². The molecule has 2 amide bonds. The van der Waals surface area contributed by atoms with Crippen LogP contribution in [0.5, 0.6) is 0 Å². The Labute approximate surface area is 132 Å². The number of hydrogen-bond donors (Lipinski definition) is 1. The molecule has 1 unspecified atom stereocenters. The molecule has 7 heteroatoms. The molecule has 1 aliphatic rings. The first-order valence-electron chi connectivity index (χ1n) is 6.90. The van der Waals surface area contributed by atoms with Crippen molar-refractivity contribution in [3.8, 4) is 0 Å². The van der Waals surface area contributed by atoms with Crippen LogP contribution in [0.1, 0.15) is 22.1 Å². The molecule has 2 aromatic rings. The van der Waals surface area contributed by atoms with Gasteiger partial charge >= 0.3 is 0 Å². The number of nitrogens with zero attached hydrogens (tertiary/aromatic N) is 3. The molecule has 6 nitrogen and oxygen atoms in total. The Kier molecular flexibility index (Phi) is 3.85. The van der Waals surface area contributed by atoms with E-state index in [1.165, 1.54) is 9.58 Å². The number of halogens is 1. The van der Waals surface area contributed by atoms with E-state index in [1.54, 1.807) is 43.6 Å². The lowest BCUT2D eigenvalue weighted by atomic mass is 10.0. The Morgan fingerprint density at radius 1 is 1.36 bits per heavy atom. The molecule has 114 valence electrons. The van der Waals surface area contributed by atoms with Crippen LogP contribution < -0.4 is 5.32 Å². The van der Waals surface area contributed by atoms with E-state index in [4.69, 9.17) is 11.6 Å². The average Bonchev–Trinajstić information content (AvgIpc) is 2.93. The third-order valence-corrected chi connectivity index (χ3v) is 4.06. The molecule has 1 aliphatic heterocycles. The molecule has 1 aromatic carbocycles. The fourth-order valence-corrected chi connectivity index (χ4v) is 2.86. The maximum atomic E-state index is 12.8. The van der Waals surface area contributed by atoms with Gasteiger partial charge in [-0.1, -0.05) is 29.8 Å². The lowest BCUT2D eigenvalue weighted by Crippen LogP contribution is -2.52. The van der Waals surface area contributed by atoms with Crippen molar-refractivity contribution in [3.63, 3.8) is 0 Å². The van der Waals surface area contributed by atoms with Crippen molar-refractivity contribution in [2.75, 3.05) is 13.1 Å². The molecule has 0 saturated carbocycles. The fourth-order valence-electron chi connectivity index (χ4n) is 2.62. The van der Waals surface area contributed by atoms with E-state index < -0.39 is 6.04 Å². The van der Waals surface area contributed by atoms with Crippen molar-refractivity contribution in [3.05, 3.63) is 52.8 Å². The van der Waals surface area contributed by atoms with Crippen LogP contribution in [0.4, 0.5) is 0 Å². The van der Waals surface area contributed by atoms with Gasteiger partial charge in [-0.25, -0.2) is 0 Å². The summed E-state index contributed by atoms with van der Waals surface area (Å²) in [6.07, 6.45) is 1.56. The van der Waals surface area contributed by atoms with Crippen LogP contribution in [0.15, 0.2) is 36.5 Å². The number of aryl methyl sites for hydroxylation is 1.